The minimum atomic E-state index is -0.635. The van der Waals surface area contributed by atoms with Gasteiger partial charge in [-0.15, -0.1) is 0 Å². The molecule has 1 saturated carbocycles. The van der Waals surface area contributed by atoms with Crippen LogP contribution in [-0.4, -0.2) is 24.0 Å². The molecule has 1 aliphatic rings. The lowest BCUT2D eigenvalue weighted by Crippen LogP contribution is -2.44. The second-order valence-electron chi connectivity index (χ2n) is 5.57. The Labute approximate surface area is 109 Å². The Morgan fingerprint density at radius 1 is 1.22 bits per heavy atom. The number of esters is 1. The average molecular weight is 255 g/mol. The lowest BCUT2D eigenvalue weighted by Gasteiger charge is -2.26. The first kappa shape index (κ1) is 15.0. The molecule has 0 aromatic heterocycles. The van der Waals surface area contributed by atoms with Gasteiger partial charge in [-0.25, -0.2) is 0 Å². The summed E-state index contributed by atoms with van der Waals surface area (Å²) in [5.41, 5.74) is 0. The Bertz CT molecular complexity index is 283. The van der Waals surface area contributed by atoms with E-state index in [2.05, 4.69) is 5.32 Å². The Hall–Kier alpha value is -1.06. The maximum atomic E-state index is 12.1. The van der Waals surface area contributed by atoms with Gasteiger partial charge < -0.3 is 10.1 Å². The molecule has 1 rings (SSSR count). The van der Waals surface area contributed by atoms with E-state index in [0.717, 1.165) is 12.8 Å². The van der Waals surface area contributed by atoms with Crippen LogP contribution < -0.4 is 5.32 Å². The number of carbonyl (C=O) groups excluding carboxylic acids is 2. The molecule has 4 nitrogen and oxygen atoms in total. The summed E-state index contributed by atoms with van der Waals surface area (Å²) in [6, 6.07) is 0.261. The number of hydrogen-bond donors (Lipinski definition) is 1. The number of amides is 1. The number of carbonyl (C=O) groups is 2. The van der Waals surface area contributed by atoms with E-state index in [-0.39, 0.29) is 17.9 Å². The Morgan fingerprint density at radius 2 is 1.83 bits per heavy atom. The normalized spacial score (nSPS) is 18.4. The molecule has 0 radical (unpaired) electrons. The molecule has 1 aliphatic carbocycles. The third-order valence-corrected chi connectivity index (χ3v) is 3.24. The average Bonchev–Trinajstić information content (AvgIpc) is 2.28. The first-order valence-corrected chi connectivity index (χ1v) is 6.96. The standard InChI is InChI=1S/C14H25NO3/c1-10(2)9-13(18-11(3)16)14(17)15-12-7-5-4-6-8-12/h10,12-13H,4-9H2,1-3H3,(H,15,17). The van der Waals surface area contributed by atoms with Crippen molar-refractivity contribution >= 4 is 11.9 Å². The van der Waals surface area contributed by atoms with Gasteiger partial charge >= 0.3 is 5.97 Å². The van der Waals surface area contributed by atoms with Crippen LogP contribution in [0.4, 0.5) is 0 Å². The number of ether oxygens (including phenoxy) is 1. The molecule has 0 spiro atoms. The van der Waals surface area contributed by atoms with Crippen molar-refractivity contribution in [3.63, 3.8) is 0 Å². The van der Waals surface area contributed by atoms with Gasteiger partial charge in [0.2, 0.25) is 0 Å². The van der Waals surface area contributed by atoms with Crippen LogP contribution in [0.25, 0.3) is 0 Å². The molecule has 1 atom stereocenters. The molecule has 4 heteroatoms. The second kappa shape index (κ2) is 7.39. The van der Waals surface area contributed by atoms with Crippen molar-refractivity contribution in [2.24, 2.45) is 5.92 Å². The fourth-order valence-electron chi connectivity index (χ4n) is 2.38. The van der Waals surface area contributed by atoms with E-state index in [4.69, 9.17) is 4.74 Å². The van der Waals surface area contributed by atoms with Gasteiger partial charge in [-0.05, 0) is 25.2 Å². The first-order valence-electron chi connectivity index (χ1n) is 6.96. The van der Waals surface area contributed by atoms with Crippen molar-refractivity contribution in [1.29, 1.82) is 0 Å². The summed E-state index contributed by atoms with van der Waals surface area (Å²) in [6.07, 6.45) is 5.63. The molecule has 1 N–H and O–H groups in total. The van der Waals surface area contributed by atoms with E-state index in [1.807, 2.05) is 13.8 Å². The van der Waals surface area contributed by atoms with E-state index in [9.17, 15) is 9.59 Å². The largest absolute Gasteiger partial charge is 0.452 e. The number of rotatable bonds is 5. The molecule has 0 heterocycles. The Morgan fingerprint density at radius 3 is 2.33 bits per heavy atom. The van der Waals surface area contributed by atoms with E-state index in [1.165, 1.54) is 26.2 Å². The molecule has 1 fully saturated rings. The maximum absolute atomic E-state index is 12.1. The molecule has 0 bridgehead atoms. The van der Waals surface area contributed by atoms with Gasteiger partial charge in [-0.1, -0.05) is 33.1 Å². The lowest BCUT2D eigenvalue weighted by atomic mass is 9.95. The fourth-order valence-corrected chi connectivity index (χ4v) is 2.38. The summed E-state index contributed by atoms with van der Waals surface area (Å²) in [7, 11) is 0. The van der Waals surface area contributed by atoms with Crippen LogP contribution in [0.3, 0.4) is 0 Å². The summed E-state index contributed by atoms with van der Waals surface area (Å²) in [6.45, 7) is 5.38. The van der Waals surface area contributed by atoms with Crippen LogP contribution in [0.1, 0.15) is 59.3 Å². The smallest absolute Gasteiger partial charge is 0.303 e. The molecule has 1 unspecified atom stereocenters. The van der Waals surface area contributed by atoms with Crippen molar-refractivity contribution in [2.45, 2.75) is 71.4 Å². The van der Waals surface area contributed by atoms with Crippen LogP contribution in [-0.2, 0) is 14.3 Å². The molecule has 104 valence electrons. The summed E-state index contributed by atoms with van der Waals surface area (Å²) in [4.78, 5) is 23.1. The molecular formula is C14H25NO3. The molecular weight excluding hydrogens is 230 g/mol. The SMILES string of the molecule is CC(=O)OC(CC(C)C)C(=O)NC1CCCCC1. The highest BCUT2D eigenvalue weighted by Crippen LogP contribution is 2.18. The third kappa shape index (κ3) is 5.52. The highest BCUT2D eigenvalue weighted by Gasteiger charge is 2.25. The molecule has 0 aromatic carbocycles. The van der Waals surface area contributed by atoms with Gasteiger partial charge in [-0.3, -0.25) is 9.59 Å². The fraction of sp³-hybridized carbons (Fsp3) is 0.857. The summed E-state index contributed by atoms with van der Waals surface area (Å²) >= 11 is 0. The monoisotopic (exact) mass is 255 g/mol. The van der Waals surface area contributed by atoms with Gasteiger partial charge in [0.25, 0.3) is 5.91 Å². The Balaban J connectivity index is 2.48. The van der Waals surface area contributed by atoms with E-state index in [1.54, 1.807) is 0 Å². The van der Waals surface area contributed by atoms with Gasteiger partial charge in [0, 0.05) is 13.0 Å². The first-order chi connectivity index (χ1) is 8.49. The zero-order valence-electron chi connectivity index (χ0n) is 11.7. The van der Waals surface area contributed by atoms with Crippen LogP contribution in [0.2, 0.25) is 0 Å². The van der Waals surface area contributed by atoms with Crippen LogP contribution >= 0.6 is 0 Å². The molecule has 1 amide bonds. The molecule has 0 aliphatic heterocycles. The number of hydrogen-bond acceptors (Lipinski definition) is 3. The van der Waals surface area contributed by atoms with Gasteiger partial charge in [0.1, 0.15) is 0 Å². The zero-order chi connectivity index (χ0) is 13.5. The Kier molecular flexibility index (Phi) is 6.16. The van der Waals surface area contributed by atoms with Gasteiger partial charge in [-0.2, -0.15) is 0 Å². The predicted molar refractivity (Wildman–Crippen MR) is 70.0 cm³/mol. The summed E-state index contributed by atoms with van der Waals surface area (Å²) in [5.74, 6) is -0.197. The molecule has 0 aromatic rings. The molecule has 0 saturated heterocycles. The van der Waals surface area contributed by atoms with Gasteiger partial charge in [0.05, 0.1) is 0 Å². The van der Waals surface area contributed by atoms with Crippen molar-refractivity contribution in [2.75, 3.05) is 0 Å². The quantitative estimate of drug-likeness (QED) is 0.768. The van der Waals surface area contributed by atoms with Crippen molar-refractivity contribution in [3.8, 4) is 0 Å². The van der Waals surface area contributed by atoms with E-state index >= 15 is 0 Å². The van der Waals surface area contributed by atoms with E-state index in [0.29, 0.717) is 12.3 Å². The van der Waals surface area contributed by atoms with Crippen LogP contribution in [0.15, 0.2) is 0 Å². The maximum Gasteiger partial charge on any atom is 0.303 e. The predicted octanol–water partition coefficient (Wildman–Crippen LogP) is 2.41. The third-order valence-electron chi connectivity index (χ3n) is 3.24. The minimum Gasteiger partial charge on any atom is -0.452 e. The number of nitrogens with one attached hydrogen (secondary N) is 1. The molecule has 18 heavy (non-hydrogen) atoms. The highest BCUT2D eigenvalue weighted by atomic mass is 16.5. The minimum absolute atomic E-state index is 0.134. The zero-order valence-corrected chi connectivity index (χ0v) is 11.7. The second-order valence-corrected chi connectivity index (χ2v) is 5.57. The van der Waals surface area contributed by atoms with Gasteiger partial charge in [0.15, 0.2) is 6.10 Å². The van der Waals surface area contributed by atoms with Crippen molar-refractivity contribution < 1.29 is 14.3 Å². The highest BCUT2D eigenvalue weighted by molar-refractivity contribution is 5.83. The van der Waals surface area contributed by atoms with Crippen molar-refractivity contribution in [1.82, 2.24) is 5.32 Å². The van der Waals surface area contributed by atoms with Crippen LogP contribution in [0.5, 0.6) is 0 Å². The lowest BCUT2D eigenvalue weighted by molar-refractivity contribution is -0.155. The van der Waals surface area contributed by atoms with E-state index < -0.39 is 6.10 Å². The van der Waals surface area contributed by atoms with Crippen LogP contribution in [0, 0.1) is 5.92 Å². The van der Waals surface area contributed by atoms with Crippen molar-refractivity contribution in [3.05, 3.63) is 0 Å². The topological polar surface area (TPSA) is 55.4 Å². The summed E-state index contributed by atoms with van der Waals surface area (Å²) in [5, 5.41) is 3.01. The summed E-state index contributed by atoms with van der Waals surface area (Å²) < 4.78 is 5.11.